The second-order valence-electron chi connectivity index (χ2n) is 6.45. The summed E-state index contributed by atoms with van der Waals surface area (Å²) < 4.78 is 3.78. The number of benzene rings is 1. The molecule has 0 aliphatic rings. The predicted molar refractivity (Wildman–Crippen MR) is 123 cm³/mol. The number of aromatic nitrogens is 4. The maximum absolute atomic E-state index is 4.67. The van der Waals surface area contributed by atoms with Gasteiger partial charge in [0, 0.05) is 25.1 Å². The van der Waals surface area contributed by atoms with Crippen LogP contribution in [0.5, 0.6) is 0 Å². The molecule has 1 aromatic carbocycles. The fourth-order valence-electron chi connectivity index (χ4n) is 2.82. The number of guanidine groups is 1. The van der Waals surface area contributed by atoms with Crippen molar-refractivity contribution in [1.82, 2.24) is 30.2 Å². The van der Waals surface area contributed by atoms with Crippen molar-refractivity contribution in [1.29, 1.82) is 0 Å². The topological polar surface area (TPSA) is 72.1 Å². The van der Waals surface area contributed by atoms with E-state index in [2.05, 4.69) is 63.9 Å². The van der Waals surface area contributed by atoms with Gasteiger partial charge in [-0.15, -0.1) is 24.0 Å². The van der Waals surface area contributed by atoms with E-state index in [1.54, 1.807) is 6.20 Å². The Morgan fingerprint density at radius 2 is 2.11 bits per heavy atom. The molecular formula is C20H28IN7. The van der Waals surface area contributed by atoms with Gasteiger partial charge in [0.25, 0.3) is 0 Å². The monoisotopic (exact) mass is 493 g/mol. The van der Waals surface area contributed by atoms with Crippen molar-refractivity contribution in [2.24, 2.45) is 4.99 Å². The van der Waals surface area contributed by atoms with E-state index in [1.165, 1.54) is 5.56 Å². The smallest absolute Gasteiger partial charge is 0.191 e. The molecule has 3 rings (SSSR count). The highest BCUT2D eigenvalue weighted by Gasteiger charge is 2.09. The SMILES string of the molecule is CCNC(=NCCn1cc(C)cn1)NC(C)c1cccc(-n2cccn2)c1.I. The van der Waals surface area contributed by atoms with Crippen LogP contribution < -0.4 is 10.6 Å². The molecule has 0 fully saturated rings. The Balaban J connectivity index is 0.00000280. The van der Waals surface area contributed by atoms with Crippen LogP contribution in [0.1, 0.15) is 31.0 Å². The lowest BCUT2D eigenvalue weighted by Gasteiger charge is -2.19. The number of nitrogens with one attached hydrogen (secondary N) is 2. The van der Waals surface area contributed by atoms with Crippen molar-refractivity contribution in [3.8, 4) is 5.69 Å². The van der Waals surface area contributed by atoms with E-state index in [9.17, 15) is 0 Å². The maximum atomic E-state index is 4.67. The zero-order valence-corrected chi connectivity index (χ0v) is 18.9. The number of nitrogens with zero attached hydrogens (tertiary/aromatic N) is 5. The second-order valence-corrected chi connectivity index (χ2v) is 6.45. The first kappa shape index (κ1) is 21.9. The zero-order valence-electron chi connectivity index (χ0n) is 16.5. The Morgan fingerprint density at radius 3 is 2.79 bits per heavy atom. The molecule has 0 bridgehead atoms. The summed E-state index contributed by atoms with van der Waals surface area (Å²) in [5, 5.41) is 15.4. The number of aliphatic imine (C=N–C) groups is 1. The van der Waals surface area contributed by atoms with Crippen LogP contribution >= 0.6 is 24.0 Å². The van der Waals surface area contributed by atoms with Gasteiger partial charge in [0.2, 0.25) is 0 Å². The Labute approximate surface area is 183 Å². The third kappa shape index (κ3) is 6.08. The van der Waals surface area contributed by atoms with Crippen molar-refractivity contribution < 1.29 is 0 Å². The van der Waals surface area contributed by atoms with Crippen LogP contribution in [-0.2, 0) is 6.54 Å². The molecule has 2 aromatic heterocycles. The van der Waals surface area contributed by atoms with Gasteiger partial charge < -0.3 is 10.6 Å². The molecule has 2 heterocycles. The number of aryl methyl sites for hydroxylation is 1. The summed E-state index contributed by atoms with van der Waals surface area (Å²) in [5.74, 6) is 0.804. The minimum atomic E-state index is 0. The largest absolute Gasteiger partial charge is 0.357 e. The highest BCUT2D eigenvalue weighted by atomic mass is 127. The number of hydrogen-bond acceptors (Lipinski definition) is 3. The van der Waals surface area contributed by atoms with Crippen LogP contribution in [0.3, 0.4) is 0 Å². The average molecular weight is 493 g/mol. The van der Waals surface area contributed by atoms with Crippen molar-refractivity contribution in [2.75, 3.05) is 13.1 Å². The molecule has 0 aliphatic carbocycles. The molecule has 0 spiro atoms. The van der Waals surface area contributed by atoms with E-state index in [1.807, 2.05) is 40.9 Å². The number of halogens is 1. The summed E-state index contributed by atoms with van der Waals surface area (Å²) in [7, 11) is 0. The first-order valence-corrected chi connectivity index (χ1v) is 9.29. The molecule has 7 nitrogen and oxygen atoms in total. The highest BCUT2D eigenvalue weighted by molar-refractivity contribution is 14.0. The zero-order chi connectivity index (χ0) is 19.1. The molecule has 150 valence electrons. The lowest BCUT2D eigenvalue weighted by Crippen LogP contribution is -2.39. The fourth-order valence-corrected chi connectivity index (χ4v) is 2.82. The van der Waals surface area contributed by atoms with E-state index in [0.29, 0.717) is 6.54 Å². The molecule has 1 unspecified atom stereocenters. The van der Waals surface area contributed by atoms with E-state index in [4.69, 9.17) is 0 Å². The van der Waals surface area contributed by atoms with Crippen molar-refractivity contribution in [3.05, 3.63) is 66.2 Å². The molecule has 0 amide bonds. The lowest BCUT2D eigenvalue weighted by atomic mass is 10.1. The summed E-state index contributed by atoms with van der Waals surface area (Å²) in [6.45, 7) is 8.47. The van der Waals surface area contributed by atoms with Gasteiger partial charge in [0.05, 0.1) is 31.0 Å². The van der Waals surface area contributed by atoms with E-state index < -0.39 is 0 Å². The summed E-state index contributed by atoms with van der Waals surface area (Å²) in [5.41, 5.74) is 3.38. The first-order chi connectivity index (χ1) is 13.2. The number of hydrogen-bond donors (Lipinski definition) is 2. The average Bonchev–Trinajstić information content (AvgIpc) is 3.34. The summed E-state index contributed by atoms with van der Waals surface area (Å²) in [4.78, 5) is 4.67. The van der Waals surface area contributed by atoms with Gasteiger partial charge in [-0.1, -0.05) is 12.1 Å². The summed E-state index contributed by atoms with van der Waals surface area (Å²) >= 11 is 0. The molecule has 2 N–H and O–H groups in total. The molecule has 8 heteroatoms. The molecule has 0 saturated heterocycles. The van der Waals surface area contributed by atoms with Crippen molar-refractivity contribution >= 4 is 29.9 Å². The Morgan fingerprint density at radius 1 is 1.25 bits per heavy atom. The molecule has 0 aliphatic heterocycles. The maximum Gasteiger partial charge on any atom is 0.191 e. The van der Waals surface area contributed by atoms with Gasteiger partial charge in [-0.2, -0.15) is 10.2 Å². The Bertz CT molecular complexity index is 870. The summed E-state index contributed by atoms with van der Waals surface area (Å²) in [6.07, 6.45) is 7.62. The molecule has 0 saturated carbocycles. The van der Waals surface area contributed by atoms with E-state index >= 15 is 0 Å². The molecule has 28 heavy (non-hydrogen) atoms. The van der Waals surface area contributed by atoms with Gasteiger partial charge in [-0.25, -0.2) is 4.68 Å². The van der Waals surface area contributed by atoms with Crippen LogP contribution in [0.15, 0.2) is 60.1 Å². The van der Waals surface area contributed by atoms with Crippen LogP contribution in [0.25, 0.3) is 5.69 Å². The van der Waals surface area contributed by atoms with Gasteiger partial charge in [0.1, 0.15) is 0 Å². The Kier molecular flexibility index (Phi) is 8.49. The van der Waals surface area contributed by atoms with Gasteiger partial charge >= 0.3 is 0 Å². The molecular weight excluding hydrogens is 465 g/mol. The van der Waals surface area contributed by atoms with Crippen LogP contribution in [0.2, 0.25) is 0 Å². The van der Waals surface area contributed by atoms with E-state index in [-0.39, 0.29) is 30.0 Å². The molecule has 1 atom stereocenters. The quantitative estimate of drug-likeness (QED) is 0.301. The van der Waals surface area contributed by atoms with Gasteiger partial charge in [-0.3, -0.25) is 9.67 Å². The normalized spacial score (nSPS) is 12.3. The number of rotatable bonds is 7. The van der Waals surface area contributed by atoms with Crippen molar-refractivity contribution in [3.63, 3.8) is 0 Å². The van der Waals surface area contributed by atoms with Gasteiger partial charge in [0.15, 0.2) is 5.96 Å². The Hall–Kier alpha value is -2.36. The third-order valence-electron chi connectivity index (χ3n) is 4.20. The van der Waals surface area contributed by atoms with Crippen molar-refractivity contribution in [2.45, 2.75) is 33.4 Å². The minimum absolute atomic E-state index is 0. The standard InChI is InChI=1S/C20H27N7.HI/c1-4-21-20(22-10-12-26-15-16(2)14-24-26)25-17(3)18-7-5-8-19(13-18)27-11-6-9-23-27;/h5-9,11,13-15,17H,4,10,12H2,1-3H3,(H2,21,22,25);1H. The van der Waals surface area contributed by atoms with Crippen LogP contribution in [0.4, 0.5) is 0 Å². The van der Waals surface area contributed by atoms with Gasteiger partial charge in [-0.05, 0) is 50.1 Å². The summed E-state index contributed by atoms with van der Waals surface area (Å²) in [6, 6.07) is 10.4. The van der Waals surface area contributed by atoms with Crippen LogP contribution in [0, 0.1) is 6.92 Å². The minimum Gasteiger partial charge on any atom is -0.357 e. The lowest BCUT2D eigenvalue weighted by molar-refractivity contribution is 0.617. The first-order valence-electron chi connectivity index (χ1n) is 9.29. The van der Waals surface area contributed by atoms with E-state index in [0.717, 1.165) is 30.3 Å². The fraction of sp³-hybridized carbons (Fsp3) is 0.350. The molecule has 3 aromatic rings. The predicted octanol–water partition coefficient (Wildman–Crippen LogP) is 3.31. The second kappa shape index (κ2) is 10.8. The molecule has 0 radical (unpaired) electrons. The third-order valence-corrected chi connectivity index (χ3v) is 4.20. The highest BCUT2D eigenvalue weighted by Crippen LogP contribution is 2.16. The van der Waals surface area contributed by atoms with Crippen LogP contribution in [-0.4, -0.2) is 38.6 Å².